The van der Waals surface area contributed by atoms with Crippen molar-refractivity contribution in [2.45, 2.75) is 19.8 Å². The Hall–Kier alpha value is -2.82. The molecule has 0 amide bonds. The minimum atomic E-state index is 0.771. The highest BCUT2D eigenvalue weighted by Gasteiger charge is 2.13. The van der Waals surface area contributed by atoms with Gasteiger partial charge in [-0.05, 0) is 42.3 Å². The molecular formula is C18H18N4O. The zero-order valence-corrected chi connectivity index (χ0v) is 13.2. The number of fused-ring (bicyclic) bond motifs is 2. The molecule has 2 N–H and O–H groups in total. The molecule has 0 atom stereocenters. The first-order valence-corrected chi connectivity index (χ1v) is 7.79. The fourth-order valence-corrected chi connectivity index (χ4v) is 2.91. The van der Waals surface area contributed by atoms with Gasteiger partial charge in [0.2, 0.25) is 0 Å². The van der Waals surface area contributed by atoms with Crippen molar-refractivity contribution < 1.29 is 4.74 Å². The number of H-pyrrole nitrogens is 2. The van der Waals surface area contributed by atoms with Gasteiger partial charge in [-0.2, -0.15) is 5.10 Å². The van der Waals surface area contributed by atoms with Crippen LogP contribution in [0.2, 0.25) is 0 Å². The van der Waals surface area contributed by atoms with Crippen molar-refractivity contribution >= 4 is 21.9 Å². The molecule has 0 aliphatic rings. The largest absolute Gasteiger partial charge is 0.497 e. The molecule has 0 unspecified atom stereocenters. The Balaban J connectivity index is 1.85. The summed E-state index contributed by atoms with van der Waals surface area (Å²) in [4.78, 5) is 8.09. The monoisotopic (exact) mass is 306 g/mol. The van der Waals surface area contributed by atoms with Crippen LogP contribution in [0.4, 0.5) is 0 Å². The van der Waals surface area contributed by atoms with Gasteiger partial charge >= 0.3 is 0 Å². The van der Waals surface area contributed by atoms with Gasteiger partial charge in [0, 0.05) is 5.39 Å². The van der Waals surface area contributed by atoms with Gasteiger partial charge in [-0.25, -0.2) is 4.98 Å². The van der Waals surface area contributed by atoms with E-state index in [9.17, 15) is 0 Å². The number of ether oxygens (including phenoxy) is 1. The average molecular weight is 306 g/mol. The number of aromatic nitrogens is 4. The van der Waals surface area contributed by atoms with Crippen LogP contribution in [0, 0.1) is 0 Å². The van der Waals surface area contributed by atoms with Crippen molar-refractivity contribution in [3.8, 4) is 17.3 Å². The second-order valence-electron chi connectivity index (χ2n) is 5.67. The van der Waals surface area contributed by atoms with Crippen LogP contribution in [0.5, 0.6) is 5.75 Å². The second kappa shape index (κ2) is 5.43. The van der Waals surface area contributed by atoms with Crippen LogP contribution >= 0.6 is 0 Å². The van der Waals surface area contributed by atoms with E-state index in [1.165, 1.54) is 5.56 Å². The minimum Gasteiger partial charge on any atom is -0.497 e. The van der Waals surface area contributed by atoms with Gasteiger partial charge in [0.15, 0.2) is 5.82 Å². The van der Waals surface area contributed by atoms with Gasteiger partial charge in [-0.15, -0.1) is 0 Å². The summed E-state index contributed by atoms with van der Waals surface area (Å²) >= 11 is 0. The maximum Gasteiger partial charge on any atom is 0.159 e. The van der Waals surface area contributed by atoms with Crippen LogP contribution in [0.15, 0.2) is 36.4 Å². The number of hydrogen-bond acceptors (Lipinski definition) is 3. The van der Waals surface area contributed by atoms with Crippen molar-refractivity contribution in [2.24, 2.45) is 0 Å². The first-order valence-electron chi connectivity index (χ1n) is 7.79. The summed E-state index contributed by atoms with van der Waals surface area (Å²) in [6, 6.07) is 12.2. The molecule has 0 bridgehead atoms. The third-order valence-electron chi connectivity index (χ3n) is 4.08. The van der Waals surface area contributed by atoms with Gasteiger partial charge in [0.1, 0.15) is 11.4 Å². The summed E-state index contributed by atoms with van der Waals surface area (Å²) in [7, 11) is 1.66. The van der Waals surface area contributed by atoms with E-state index >= 15 is 0 Å². The van der Waals surface area contributed by atoms with Crippen molar-refractivity contribution in [1.29, 1.82) is 0 Å². The molecule has 4 rings (SSSR count). The lowest BCUT2D eigenvalue weighted by Gasteiger charge is -1.99. The van der Waals surface area contributed by atoms with Crippen molar-refractivity contribution in [3.63, 3.8) is 0 Å². The zero-order chi connectivity index (χ0) is 15.8. The standard InChI is InChI=1S/C18H18N4O/c1-3-4-11-5-7-15-16(9-11)20-18(19-15)17-13-10-12(23-2)6-8-14(13)21-22-17/h5-10H,3-4H2,1-2H3,(H,19,20)(H,21,22). The lowest BCUT2D eigenvalue weighted by Crippen LogP contribution is -1.83. The highest BCUT2D eigenvalue weighted by molar-refractivity contribution is 5.93. The maximum absolute atomic E-state index is 5.31. The molecule has 2 aromatic heterocycles. The molecule has 5 heteroatoms. The number of rotatable bonds is 4. The molecule has 0 radical (unpaired) electrons. The van der Waals surface area contributed by atoms with Gasteiger partial charge in [-0.1, -0.05) is 19.4 Å². The summed E-state index contributed by atoms with van der Waals surface area (Å²) in [5.74, 6) is 1.58. The molecule has 2 aromatic carbocycles. The topological polar surface area (TPSA) is 66.6 Å². The molecule has 0 fully saturated rings. The zero-order valence-electron chi connectivity index (χ0n) is 13.2. The predicted octanol–water partition coefficient (Wildman–Crippen LogP) is 4.07. The Morgan fingerprint density at radius 1 is 1.09 bits per heavy atom. The molecule has 116 valence electrons. The van der Waals surface area contributed by atoms with E-state index in [1.807, 2.05) is 18.2 Å². The molecule has 0 saturated carbocycles. The van der Waals surface area contributed by atoms with Crippen molar-refractivity contribution in [1.82, 2.24) is 20.2 Å². The number of methoxy groups -OCH3 is 1. The summed E-state index contributed by atoms with van der Waals surface area (Å²) in [6.45, 7) is 2.18. The van der Waals surface area contributed by atoms with Crippen LogP contribution in [0.1, 0.15) is 18.9 Å². The van der Waals surface area contributed by atoms with E-state index in [0.717, 1.165) is 52.0 Å². The molecular weight excluding hydrogens is 288 g/mol. The van der Waals surface area contributed by atoms with Crippen molar-refractivity contribution in [3.05, 3.63) is 42.0 Å². The molecule has 2 heterocycles. The lowest BCUT2D eigenvalue weighted by molar-refractivity contribution is 0.415. The molecule has 0 aliphatic heterocycles. The van der Waals surface area contributed by atoms with E-state index in [2.05, 4.69) is 40.3 Å². The highest BCUT2D eigenvalue weighted by atomic mass is 16.5. The SMILES string of the molecule is CCCc1ccc2[nH]c(-c3n[nH]c4ccc(OC)cc34)nc2c1. The Morgan fingerprint density at radius 3 is 2.78 bits per heavy atom. The smallest absolute Gasteiger partial charge is 0.159 e. The van der Waals surface area contributed by atoms with Gasteiger partial charge in [-0.3, -0.25) is 5.10 Å². The molecule has 4 aromatic rings. The Labute approximate surface area is 133 Å². The normalized spacial score (nSPS) is 11.4. The summed E-state index contributed by atoms with van der Waals surface area (Å²) in [5, 5.41) is 8.47. The number of benzene rings is 2. The van der Waals surface area contributed by atoms with Gasteiger partial charge in [0.05, 0.1) is 23.7 Å². The van der Waals surface area contributed by atoms with Crippen LogP contribution in [-0.4, -0.2) is 27.3 Å². The number of aryl methyl sites for hydroxylation is 1. The lowest BCUT2D eigenvalue weighted by atomic mass is 10.1. The Morgan fingerprint density at radius 2 is 1.96 bits per heavy atom. The molecule has 5 nitrogen and oxygen atoms in total. The van der Waals surface area contributed by atoms with E-state index in [1.54, 1.807) is 7.11 Å². The van der Waals surface area contributed by atoms with E-state index in [4.69, 9.17) is 9.72 Å². The van der Waals surface area contributed by atoms with E-state index in [-0.39, 0.29) is 0 Å². The quantitative estimate of drug-likeness (QED) is 0.597. The molecule has 0 saturated heterocycles. The predicted molar refractivity (Wildman–Crippen MR) is 91.7 cm³/mol. The van der Waals surface area contributed by atoms with E-state index in [0.29, 0.717) is 0 Å². The van der Waals surface area contributed by atoms with Gasteiger partial charge < -0.3 is 9.72 Å². The summed E-state index contributed by atoms with van der Waals surface area (Å²) in [5.41, 5.74) is 5.09. The van der Waals surface area contributed by atoms with Crippen LogP contribution < -0.4 is 4.74 Å². The third kappa shape index (κ3) is 2.34. The fourth-order valence-electron chi connectivity index (χ4n) is 2.91. The number of nitrogens with one attached hydrogen (secondary N) is 2. The number of imidazole rings is 1. The molecule has 0 aliphatic carbocycles. The highest BCUT2D eigenvalue weighted by Crippen LogP contribution is 2.29. The maximum atomic E-state index is 5.31. The average Bonchev–Trinajstić information content (AvgIpc) is 3.17. The number of aromatic amines is 2. The fraction of sp³-hybridized carbons (Fsp3) is 0.222. The van der Waals surface area contributed by atoms with Crippen molar-refractivity contribution in [2.75, 3.05) is 7.11 Å². The number of hydrogen-bond donors (Lipinski definition) is 2. The number of nitrogens with zero attached hydrogens (tertiary/aromatic N) is 2. The van der Waals surface area contributed by atoms with Crippen LogP contribution in [0.3, 0.4) is 0 Å². The molecule has 23 heavy (non-hydrogen) atoms. The third-order valence-corrected chi connectivity index (χ3v) is 4.08. The van der Waals surface area contributed by atoms with Gasteiger partial charge in [0.25, 0.3) is 0 Å². The molecule has 0 spiro atoms. The van der Waals surface area contributed by atoms with E-state index < -0.39 is 0 Å². The second-order valence-corrected chi connectivity index (χ2v) is 5.67. The Kier molecular flexibility index (Phi) is 3.26. The first-order chi connectivity index (χ1) is 11.3. The summed E-state index contributed by atoms with van der Waals surface area (Å²) < 4.78 is 5.31. The Bertz CT molecular complexity index is 983. The van der Waals surface area contributed by atoms with Crippen LogP contribution in [0.25, 0.3) is 33.5 Å². The van der Waals surface area contributed by atoms with Crippen LogP contribution in [-0.2, 0) is 6.42 Å². The first kappa shape index (κ1) is 13.8. The minimum absolute atomic E-state index is 0.771. The summed E-state index contributed by atoms with van der Waals surface area (Å²) in [6.07, 6.45) is 2.20.